The molecule has 0 aliphatic carbocycles. The first-order chi connectivity index (χ1) is 11.6. The molecule has 0 saturated heterocycles. The third-order valence-corrected chi connectivity index (χ3v) is 3.81. The topological polar surface area (TPSA) is 94.6 Å². The van der Waals surface area contributed by atoms with Crippen molar-refractivity contribution in [3.63, 3.8) is 0 Å². The van der Waals surface area contributed by atoms with Crippen molar-refractivity contribution in [2.24, 2.45) is 5.73 Å². The SMILES string of the molecule is COC(=O)Cn1cc(N(C=O)CCCCCCCCN)ccc1=O. The summed E-state index contributed by atoms with van der Waals surface area (Å²) in [6, 6.07) is 2.94. The molecule has 7 nitrogen and oxygen atoms in total. The van der Waals surface area contributed by atoms with Crippen molar-refractivity contribution >= 4 is 18.1 Å². The largest absolute Gasteiger partial charge is 0.468 e. The van der Waals surface area contributed by atoms with E-state index in [0.29, 0.717) is 12.2 Å². The second-order valence-electron chi connectivity index (χ2n) is 5.64. The lowest BCUT2D eigenvalue weighted by Crippen LogP contribution is -2.28. The summed E-state index contributed by atoms with van der Waals surface area (Å²) in [7, 11) is 1.27. The van der Waals surface area contributed by atoms with Crippen LogP contribution in [0.15, 0.2) is 23.1 Å². The summed E-state index contributed by atoms with van der Waals surface area (Å²) in [5, 5.41) is 0. The molecule has 134 valence electrons. The molecule has 0 fully saturated rings. The molecule has 1 heterocycles. The lowest BCUT2D eigenvalue weighted by Gasteiger charge is -2.18. The van der Waals surface area contributed by atoms with Gasteiger partial charge in [0.25, 0.3) is 5.56 Å². The van der Waals surface area contributed by atoms with E-state index in [1.165, 1.54) is 23.9 Å². The number of carbonyl (C=O) groups excluding carboxylic acids is 2. The molecule has 2 N–H and O–H groups in total. The number of carbonyl (C=O) groups is 2. The summed E-state index contributed by atoms with van der Waals surface area (Å²) >= 11 is 0. The molecule has 0 atom stereocenters. The van der Waals surface area contributed by atoms with Crippen LogP contribution in [0.4, 0.5) is 5.69 Å². The van der Waals surface area contributed by atoms with Crippen LogP contribution in [0.1, 0.15) is 38.5 Å². The Morgan fingerprint density at radius 2 is 1.88 bits per heavy atom. The first-order valence-electron chi connectivity index (χ1n) is 8.31. The number of amides is 1. The van der Waals surface area contributed by atoms with E-state index in [9.17, 15) is 14.4 Å². The lowest BCUT2D eigenvalue weighted by molar-refractivity contribution is -0.141. The molecule has 0 aliphatic heterocycles. The van der Waals surface area contributed by atoms with Crippen molar-refractivity contribution in [2.45, 2.75) is 45.1 Å². The highest BCUT2D eigenvalue weighted by molar-refractivity contribution is 5.74. The van der Waals surface area contributed by atoms with Gasteiger partial charge in [-0.3, -0.25) is 14.4 Å². The molecule has 0 bridgehead atoms. The fourth-order valence-electron chi connectivity index (χ4n) is 2.39. The van der Waals surface area contributed by atoms with Gasteiger partial charge in [-0.15, -0.1) is 0 Å². The Hall–Kier alpha value is -2.15. The number of unbranched alkanes of at least 4 members (excludes halogenated alkanes) is 5. The van der Waals surface area contributed by atoms with Crippen molar-refractivity contribution in [2.75, 3.05) is 25.1 Å². The Morgan fingerprint density at radius 3 is 2.50 bits per heavy atom. The van der Waals surface area contributed by atoms with Crippen LogP contribution < -0.4 is 16.2 Å². The number of nitrogens with two attached hydrogens (primary N) is 1. The highest BCUT2D eigenvalue weighted by atomic mass is 16.5. The molecule has 0 unspecified atom stereocenters. The van der Waals surface area contributed by atoms with Crippen LogP contribution in [-0.4, -0.2) is 37.1 Å². The van der Waals surface area contributed by atoms with E-state index < -0.39 is 5.97 Å². The van der Waals surface area contributed by atoms with E-state index >= 15 is 0 Å². The van der Waals surface area contributed by atoms with Gasteiger partial charge in [-0.2, -0.15) is 0 Å². The van der Waals surface area contributed by atoms with E-state index in [1.54, 1.807) is 11.0 Å². The predicted octanol–water partition coefficient (Wildman–Crippen LogP) is 1.28. The van der Waals surface area contributed by atoms with E-state index in [1.807, 2.05) is 0 Å². The second-order valence-corrected chi connectivity index (χ2v) is 5.64. The van der Waals surface area contributed by atoms with Gasteiger partial charge in [-0.05, 0) is 25.5 Å². The minimum Gasteiger partial charge on any atom is -0.468 e. The second kappa shape index (κ2) is 11.4. The Bertz CT molecular complexity index is 571. The van der Waals surface area contributed by atoms with Gasteiger partial charge in [0.05, 0.1) is 12.8 Å². The zero-order valence-electron chi connectivity index (χ0n) is 14.3. The van der Waals surface area contributed by atoms with Crippen LogP contribution in [0.2, 0.25) is 0 Å². The summed E-state index contributed by atoms with van der Waals surface area (Å²) in [5.74, 6) is -0.510. The Labute approximate surface area is 142 Å². The average Bonchev–Trinajstić information content (AvgIpc) is 2.59. The van der Waals surface area contributed by atoms with Crippen LogP contribution in [0.5, 0.6) is 0 Å². The number of pyridine rings is 1. The van der Waals surface area contributed by atoms with Gasteiger partial charge in [0.15, 0.2) is 0 Å². The van der Waals surface area contributed by atoms with Gasteiger partial charge in [0.1, 0.15) is 6.54 Å². The zero-order chi connectivity index (χ0) is 17.8. The molecule has 0 saturated carbocycles. The highest BCUT2D eigenvalue weighted by Gasteiger charge is 2.09. The van der Waals surface area contributed by atoms with Crippen molar-refractivity contribution in [3.8, 4) is 0 Å². The molecule has 24 heavy (non-hydrogen) atoms. The quantitative estimate of drug-likeness (QED) is 0.352. The number of hydrogen-bond donors (Lipinski definition) is 1. The minimum atomic E-state index is -0.510. The molecule has 1 amide bonds. The number of hydrogen-bond acceptors (Lipinski definition) is 5. The lowest BCUT2D eigenvalue weighted by atomic mass is 10.1. The molecule has 1 aromatic rings. The average molecular weight is 337 g/mol. The van der Waals surface area contributed by atoms with Crippen molar-refractivity contribution in [3.05, 3.63) is 28.7 Å². The maximum atomic E-state index is 11.8. The normalized spacial score (nSPS) is 10.4. The van der Waals surface area contributed by atoms with Crippen LogP contribution in [0.3, 0.4) is 0 Å². The van der Waals surface area contributed by atoms with E-state index in [-0.39, 0.29) is 12.1 Å². The maximum Gasteiger partial charge on any atom is 0.325 e. The fourth-order valence-corrected chi connectivity index (χ4v) is 2.39. The standard InChI is InChI=1S/C17H27N3O4/c1-24-17(23)13-20-12-15(8-9-16(20)22)19(14-21)11-7-5-3-2-4-6-10-18/h8-9,12,14H,2-7,10-11,13,18H2,1H3. The van der Waals surface area contributed by atoms with E-state index in [0.717, 1.165) is 51.5 Å². The molecule has 0 spiro atoms. The van der Waals surface area contributed by atoms with Gasteiger partial charge >= 0.3 is 5.97 Å². The summed E-state index contributed by atoms with van der Waals surface area (Å²) < 4.78 is 5.81. The molecular weight excluding hydrogens is 310 g/mol. The van der Waals surface area contributed by atoms with Crippen LogP contribution >= 0.6 is 0 Å². The smallest absolute Gasteiger partial charge is 0.325 e. The van der Waals surface area contributed by atoms with Crippen LogP contribution in [0.25, 0.3) is 0 Å². The van der Waals surface area contributed by atoms with E-state index in [4.69, 9.17) is 5.73 Å². The van der Waals surface area contributed by atoms with Crippen LogP contribution in [0, 0.1) is 0 Å². The number of rotatable bonds is 12. The number of methoxy groups -OCH3 is 1. The first-order valence-corrected chi connectivity index (χ1v) is 8.31. The summed E-state index contributed by atoms with van der Waals surface area (Å²) in [4.78, 5) is 36.0. The fraction of sp³-hybridized carbons (Fsp3) is 0.588. The van der Waals surface area contributed by atoms with Gasteiger partial charge in [-0.1, -0.05) is 25.7 Å². The number of ether oxygens (including phenoxy) is 1. The van der Waals surface area contributed by atoms with Gasteiger partial charge in [0, 0.05) is 18.8 Å². The molecule has 0 aromatic carbocycles. The van der Waals surface area contributed by atoms with Crippen molar-refractivity contribution in [1.82, 2.24) is 4.57 Å². The molecule has 1 aromatic heterocycles. The van der Waals surface area contributed by atoms with Crippen LogP contribution in [-0.2, 0) is 20.9 Å². The molecule has 0 radical (unpaired) electrons. The molecule has 1 rings (SSSR count). The third-order valence-electron chi connectivity index (χ3n) is 3.81. The van der Waals surface area contributed by atoms with E-state index in [2.05, 4.69) is 4.74 Å². The maximum absolute atomic E-state index is 11.8. The number of anilines is 1. The third kappa shape index (κ3) is 6.95. The van der Waals surface area contributed by atoms with Gasteiger partial charge in [0.2, 0.25) is 6.41 Å². The molecule has 7 heteroatoms. The summed E-state index contributed by atoms with van der Waals surface area (Å²) in [5.41, 5.74) is 5.74. The van der Waals surface area contributed by atoms with Gasteiger partial charge in [-0.25, -0.2) is 0 Å². The highest BCUT2D eigenvalue weighted by Crippen LogP contribution is 2.12. The van der Waals surface area contributed by atoms with Crippen molar-refractivity contribution in [1.29, 1.82) is 0 Å². The Morgan fingerprint density at radius 1 is 1.21 bits per heavy atom. The zero-order valence-corrected chi connectivity index (χ0v) is 14.3. The predicted molar refractivity (Wildman–Crippen MR) is 92.9 cm³/mol. The summed E-state index contributed by atoms with van der Waals surface area (Å²) in [6.07, 6.45) is 8.66. The number of nitrogens with zero attached hydrogens (tertiary/aromatic N) is 2. The molecule has 0 aliphatic rings. The molecular formula is C17H27N3O4. The Kier molecular flexibility index (Phi) is 9.45. The van der Waals surface area contributed by atoms with Crippen molar-refractivity contribution < 1.29 is 14.3 Å². The van der Waals surface area contributed by atoms with Gasteiger partial charge < -0.3 is 19.9 Å². The number of aromatic nitrogens is 1. The number of esters is 1. The summed E-state index contributed by atoms with van der Waals surface area (Å²) in [6.45, 7) is 1.15. The monoisotopic (exact) mass is 337 g/mol. The minimum absolute atomic E-state index is 0.170. The first kappa shape index (κ1) is 19.9. The Balaban J connectivity index is 2.55.